The molecule has 0 aromatic carbocycles. The molecule has 0 radical (unpaired) electrons. The molecule has 0 saturated heterocycles. The van der Waals surface area contributed by atoms with Gasteiger partial charge in [-0.25, -0.2) is 0 Å². The summed E-state index contributed by atoms with van der Waals surface area (Å²) in [5.41, 5.74) is 0. The summed E-state index contributed by atoms with van der Waals surface area (Å²) in [6.07, 6.45) is 0. The van der Waals surface area contributed by atoms with Crippen molar-refractivity contribution in [2.24, 2.45) is 5.92 Å². The molecule has 1 nitrogen and oxygen atoms in total. The normalized spacial score (nSPS) is 7.86. The van der Waals surface area contributed by atoms with Gasteiger partial charge < -0.3 is 17.4 Å². The molecule has 0 atom stereocenters. The maximum atomic E-state index is 9.96. The number of carbonyl (C=O) groups is 1. The Morgan fingerprint density at radius 1 is 1.57 bits per heavy atom. The van der Waals surface area contributed by atoms with E-state index in [-0.39, 0.29) is 62.4 Å². The first-order chi connectivity index (χ1) is 2.64. The molecule has 7 heavy (non-hydrogen) atoms. The number of hydrogen-bond acceptors (Lipinski definition) is 2. The van der Waals surface area contributed by atoms with Gasteiger partial charge in [-0.2, -0.15) is 0 Å². The molecule has 0 aromatic heterocycles. The molecule has 0 amide bonds. The van der Waals surface area contributed by atoms with Gasteiger partial charge in [0.05, 0.1) is 0 Å². The van der Waals surface area contributed by atoms with E-state index in [9.17, 15) is 4.79 Å². The summed E-state index contributed by atoms with van der Waals surface area (Å²) in [6.45, 7) is 3.57. The van der Waals surface area contributed by atoms with Crippen LogP contribution in [0.4, 0.5) is 0 Å². The van der Waals surface area contributed by atoms with Gasteiger partial charge in [0.15, 0.2) is 0 Å². The smallest absolute Gasteiger partial charge is 0.742 e. The predicted molar refractivity (Wildman–Crippen MR) is 27.2 cm³/mol. The van der Waals surface area contributed by atoms with Crippen LogP contribution in [0.1, 0.15) is 13.8 Å². The SMILES string of the molecule is CC(C)C(=O)[S-].[K+]. The van der Waals surface area contributed by atoms with Crippen molar-refractivity contribution in [3.8, 4) is 0 Å². The Labute approximate surface area is 92.1 Å². The second kappa shape index (κ2) is 5.66. The zero-order chi connectivity index (χ0) is 5.15. The van der Waals surface area contributed by atoms with E-state index < -0.39 is 0 Å². The van der Waals surface area contributed by atoms with Crippen molar-refractivity contribution >= 4 is 17.7 Å². The average molecular weight is 142 g/mol. The van der Waals surface area contributed by atoms with Crippen LogP contribution in [-0.4, -0.2) is 5.12 Å². The van der Waals surface area contributed by atoms with Crippen LogP contribution in [-0.2, 0) is 17.4 Å². The van der Waals surface area contributed by atoms with Gasteiger partial charge in [-0.3, -0.25) is 0 Å². The van der Waals surface area contributed by atoms with Crippen molar-refractivity contribution in [1.82, 2.24) is 0 Å². The minimum absolute atomic E-state index is 0. The molecule has 0 N–H and O–H groups in total. The van der Waals surface area contributed by atoms with Gasteiger partial charge in [-0.1, -0.05) is 13.8 Å². The Balaban J connectivity index is 0. The fourth-order valence-electron chi connectivity index (χ4n) is 0. The molecule has 0 aliphatic carbocycles. The Kier molecular flexibility index (Phi) is 9.17. The summed E-state index contributed by atoms with van der Waals surface area (Å²) < 4.78 is 0. The molecule has 0 bridgehead atoms. The third-order valence-corrected chi connectivity index (χ3v) is 0.943. The van der Waals surface area contributed by atoms with Gasteiger partial charge in [0.25, 0.3) is 0 Å². The summed E-state index contributed by atoms with van der Waals surface area (Å²) in [7, 11) is 0. The van der Waals surface area contributed by atoms with Crippen molar-refractivity contribution in [2.45, 2.75) is 13.8 Å². The third kappa shape index (κ3) is 7.53. The number of rotatable bonds is 1. The zero-order valence-corrected chi connectivity index (χ0v) is 8.83. The Morgan fingerprint density at radius 3 is 1.71 bits per heavy atom. The summed E-state index contributed by atoms with van der Waals surface area (Å²) >= 11 is 4.26. The van der Waals surface area contributed by atoms with E-state index in [0.717, 1.165) is 0 Å². The van der Waals surface area contributed by atoms with Crippen LogP contribution in [0.15, 0.2) is 0 Å². The molecule has 0 saturated carbocycles. The molecule has 36 valence electrons. The Hall–Kier alpha value is 1.53. The fraction of sp³-hybridized carbons (Fsp3) is 0.750. The summed E-state index contributed by atoms with van der Waals surface area (Å²) in [6, 6.07) is 0. The van der Waals surface area contributed by atoms with Crippen molar-refractivity contribution in [1.29, 1.82) is 0 Å². The molecule has 0 aromatic rings. The van der Waals surface area contributed by atoms with E-state index in [1.54, 1.807) is 13.8 Å². The van der Waals surface area contributed by atoms with Crippen LogP contribution >= 0.6 is 0 Å². The predicted octanol–water partition coefficient (Wildman–Crippen LogP) is -2.28. The maximum Gasteiger partial charge on any atom is 1.00 e. The third-order valence-electron chi connectivity index (χ3n) is 0.471. The maximum absolute atomic E-state index is 9.96. The molecule has 0 fully saturated rings. The fourth-order valence-corrected chi connectivity index (χ4v) is 0. The van der Waals surface area contributed by atoms with Crippen molar-refractivity contribution in [3.63, 3.8) is 0 Å². The molecule has 0 heterocycles. The largest absolute Gasteiger partial charge is 1.00 e. The van der Waals surface area contributed by atoms with E-state index in [2.05, 4.69) is 12.6 Å². The Bertz CT molecular complexity index is 62.7. The molecule has 3 heteroatoms. The van der Waals surface area contributed by atoms with E-state index in [0.29, 0.717) is 0 Å². The first-order valence-electron chi connectivity index (χ1n) is 1.85. The van der Waals surface area contributed by atoms with E-state index >= 15 is 0 Å². The monoisotopic (exact) mass is 142 g/mol. The van der Waals surface area contributed by atoms with Gasteiger partial charge in [-0.15, -0.1) is 0 Å². The second-order valence-corrected chi connectivity index (χ2v) is 1.88. The molecule has 0 aliphatic heterocycles. The van der Waals surface area contributed by atoms with Crippen molar-refractivity contribution in [3.05, 3.63) is 0 Å². The Morgan fingerprint density at radius 2 is 1.71 bits per heavy atom. The van der Waals surface area contributed by atoms with Gasteiger partial charge in [0.1, 0.15) is 0 Å². The van der Waals surface area contributed by atoms with Crippen LogP contribution < -0.4 is 51.4 Å². The molecular formula is C4H7KOS. The standard InChI is InChI=1S/C4H8OS.K/c1-3(2)4(5)6;/h3H,1-2H3,(H,5,6);/q;+1/p-1. The van der Waals surface area contributed by atoms with Gasteiger partial charge in [0.2, 0.25) is 0 Å². The topological polar surface area (TPSA) is 17.1 Å². The average Bonchev–Trinajstić information content (AvgIpc) is 1.36. The van der Waals surface area contributed by atoms with E-state index in [1.807, 2.05) is 0 Å². The summed E-state index contributed by atoms with van der Waals surface area (Å²) in [4.78, 5) is 9.96. The van der Waals surface area contributed by atoms with Gasteiger partial charge in [0, 0.05) is 5.12 Å². The van der Waals surface area contributed by atoms with Crippen LogP contribution in [0.3, 0.4) is 0 Å². The van der Waals surface area contributed by atoms with Crippen LogP contribution in [0, 0.1) is 5.92 Å². The second-order valence-electron chi connectivity index (χ2n) is 1.47. The van der Waals surface area contributed by atoms with Crippen molar-refractivity contribution < 1.29 is 56.2 Å². The summed E-state index contributed by atoms with van der Waals surface area (Å²) in [5, 5.41) is -0.157. The van der Waals surface area contributed by atoms with Crippen molar-refractivity contribution in [2.75, 3.05) is 0 Å². The first kappa shape index (κ1) is 11.3. The molecule has 0 unspecified atom stereocenters. The number of carbonyl (C=O) groups excluding carboxylic acids is 1. The van der Waals surface area contributed by atoms with Crippen LogP contribution in [0.5, 0.6) is 0 Å². The van der Waals surface area contributed by atoms with Crippen LogP contribution in [0.25, 0.3) is 0 Å². The van der Waals surface area contributed by atoms with Gasteiger partial charge >= 0.3 is 51.4 Å². The van der Waals surface area contributed by atoms with E-state index in [4.69, 9.17) is 0 Å². The quantitative estimate of drug-likeness (QED) is 0.303. The zero-order valence-electron chi connectivity index (χ0n) is 4.89. The number of hydrogen-bond donors (Lipinski definition) is 0. The van der Waals surface area contributed by atoms with Crippen LogP contribution in [0.2, 0.25) is 0 Å². The minimum Gasteiger partial charge on any atom is -0.742 e. The minimum atomic E-state index is -0.157. The molecule has 0 rings (SSSR count). The van der Waals surface area contributed by atoms with Gasteiger partial charge in [-0.05, 0) is 5.92 Å². The first-order valence-corrected chi connectivity index (χ1v) is 2.26. The summed E-state index contributed by atoms with van der Waals surface area (Å²) in [5.74, 6) is 0.0278. The molecule has 0 aliphatic rings. The molecular weight excluding hydrogens is 135 g/mol. The molecule has 0 spiro atoms. The van der Waals surface area contributed by atoms with E-state index in [1.165, 1.54) is 0 Å².